The highest BCUT2D eigenvalue weighted by Gasteiger charge is 2.11. The quantitative estimate of drug-likeness (QED) is 0.426. The molecule has 4 aromatic carbocycles. The van der Waals surface area contributed by atoms with Crippen LogP contribution in [0.15, 0.2) is 54.6 Å². The first-order chi connectivity index (χ1) is 10.8. The first-order valence-corrected chi connectivity index (χ1v) is 8.19. The fourth-order valence-corrected chi connectivity index (χ4v) is 3.62. The van der Waals surface area contributed by atoms with Crippen molar-refractivity contribution in [1.29, 1.82) is 0 Å². The lowest BCUT2D eigenvalue weighted by Crippen LogP contribution is -2.22. The molecule has 0 spiro atoms. The van der Waals surface area contributed by atoms with Gasteiger partial charge in [-0.05, 0) is 51.0 Å². The van der Waals surface area contributed by atoms with Gasteiger partial charge in [-0.1, -0.05) is 68.4 Å². The fourth-order valence-electron chi connectivity index (χ4n) is 3.62. The monoisotopic (exact) mass is 323 g/mol. The van der Waals surface area contributed by atoms with Gasteiger partial charge in [-0.15, -0.1) is 12.4 Å². The van der Waals surface area contributed by atoms with Crippen molar-refractivity contribution < 1.29 is 0 Å². The summed E-state index contributed by atoms with van der Waals surface area (Å²) in [4.78, 5) is 2.48. The van der Waals surface area contributed by atoms with Gasteiger partial charge in [-0.2, -0.15) is 0 Å². The Labute approximate surface area is 143 Å². The topological polar surface area (TPSA) is 3.24 Å². The van der Waals surface area contributed by atoms with Gasteiger partial charge in [0.1, 0.15) is 0 Å². The Kier molecular flexibility index (Phi) is 4.43. The van der Waals surface area contributed by atoms with E-state index in [0.29, 0.717) is 0 Å². The molecule has 0 aliphatic carbocycles. The van der Waals surface area contributed by atoms with E-state index in [2.05, 4.69) is 73.3 Å². The molecule has 0 atom stereocenters. The van der Waals surface area contributed by atoms with Gasteiger partial charge >= 0.3 is 0 Å². The zero-order chi connectivity index (χ0) is 15.1. The largest absolute Gasteiger partial charge is 0.300 e. The molecule has 0 saturated heterocycles. The molecule has 0 aromatic heterocycles. The third kappa shape index (κ3) is 2.54. The highest BCUT2D eigenvalue weighted by Crippen LogP contribution is 2.36. The molecule has 0 bridgehead atoms. The van der Waals surface area contributed by atoms with E-state index in [-0.39, 0.29) is 12.4 Å². The number of hydrogen-bond acceptors (Lipinski definition) is 1. The Morgan fingerprint density at radius 2 is 1.26 bits per heavy atom. The fraction of sp³-hybridized carbons (Fsp3) is 0.238. The highest BCUT2D eigenvalue weighted by atomic mass is 35.5. The number of hydrogen-bond donors (Lipinski definition) is 0. The molecule has 0 amide bonds. The van der Waals surface area contributed by atoms with Crippen LogP contribution in [0, 0.1) is 0 Å². The lowest BCUT2D eigenvalue weighted by molar-refractivity contribution is 0.297. The normalized spacial score (nSPS) is 11.6. The summed E-state index contributed by atoms with van der Waals surface area (Å²) in [6.07, 6.45) is 0. The molecule has 118 valence electrons. The Bertz CT molecular complexity index is 925. The summed E-state index contributed by atoms with van der Waals surface area (Å²) in [5.41, 5.74) is 1.44. The number of rotatable bonds is 4. The van der Waals surface area contributed by atoms with Crippen LogP contribution in [0.3, 0.4) is 0 Å². The second kappa shape index (κ2) is 6.35. The van der Waals surface area contributed by atoms with E-state index in [1.807, 2.05) is 0 Å². The second-order valence-corrected chi connectivity index (χ2v) is 6.04. The maximum Gasteiger partial charge on any atom is 0.0239 e. The summed E-state index contributed by atoms with van der Waals surface area (Å²) >= 11 is 0. The van der Waals surface area contributed by atoms with Crippen LogP contribution in [0.5, 0.6) is 0 Å². The maximum absolute atomic E-state index is 2.48. The maximum atomic E-state index is 2.48. The van der Waals surface area contributed by atoms with Gasteiger partial charge in [0.05, 0.1) is 0 Å². The summed E-state index contributed by atoms with van der Waals surface area (Å²) in [5.74, 6) is 0. The van der Waals surface area contributed by atoms with Crippen LogP contribution >= 0.6 is 12.4 Å². The summed E-state index contributed by atoms with van der Waals surface area (Å²) in [5, 5.41) is 8.29. The lowest BCUT2D eigenvalue weighted by atomic mass is 9.92. The Morgan fingerprint density at radius 1 is 0.696 bits per heavy atom. The Hall–Kier alpha value is -1.83. The van der Waals surface area contributed by atoms with E-state index in [9.17, 15) is 0 Å². The standard InChI is InChI=1S/C21H21N.ClH/c1-3-22(4-2)14-18-11-10-17-9-8-15-6-5-7-16-12-13-19(18)21(17)20(15)16;/h5-13H,3-4,14H2,1-2H3;1H. The lowest BCUT2D eigenvalue weighted by Gasteiger charge is -2.20. The molecule has 0 saturated carbocycles. The van der Waals surface area contributed by atoms with Crippen molar-refractivity contribution in [2.75, 3.05) is 13.1 Å². The predicted octanol–water partition coefficient (Wildman–Crippen LogP) is 5.85. The first kappa shape index (κ1) is 16.0. The molecule has 0 N–H and O–H groups in total. The molecule has 2 heteroatoms. The van der Waals surface area contributed by atoms with E-state index < -0.39 is 0 Å². The zero-order valence-corrected chi connectivity index (χ0v) is 14.5. The summed E-state index contributed by atoms with van der Waals surface area (Å²) in [6.45, 7) is 7.69. The predicted molar refractivity (Wildman–Crippen MR) is 104 cm³/mol. The zero-order valence-electron chi connectivity index (χ0n) is 13.7. The second-order valence-electron chi connectivity index (χ2n) is 6.04. The van der Waals surface area contributed by atoms with Gasteiger partial charge in [0, 0.05) is 6.54 Å². The minimum atomic E-state index is 0. The summed E-state index contributed by atoms with van der Waals surface area (Å²) < 4.78 is 0. The van der Waals surface area contributed by atoms with Crippen molar-refractivity contribution in [3.8, 4) is 0 Å². The van der Waals surface area contributed by atoms with Gasteiger partial charge in [0.2, 0.25) is 0 Å². The van der Waals surface area contributed by atoms with Crippen LogP contribution in [0.1, 0.15) is 19.4 Å². The van der Waals surface area contributed by atoms with Crippen LogP contribution < -0.4 is 0 Å². The van der Waals surface area contributed by atoms with Gasteiger partial charge < -0.3 is 0 Å². The van der Waals surface area contributed by atoms with Crippen molar-refractivity contribution in [3.63, 3.8) is 0 Å². The van der Waals surface area contributed by atoms with E-state index in [4.69, 9.17) is 0 Å². The molecule has 4 rings (SSSR count). The molecular weight excluding hydrogens is 302 g/mol. The van der Waals surface area contributed by atoms with Crippen LogP contribution in [-0.4, -0.2) is 18.0 Å². The molecule has 23 heavy (non-hydrogen) atoms. The van der Waals surface area contributed by atoms with Gasteiger partial charge in [0.25, 0.3) is 0 Å². The minimum Gasteiger partial charge on any atom is -0.300 e. The number of nitrogens with zero attached hydrogens (tertiary/aromatic N) is 1. The average Bonchev–Trinajstić information content (AvgIpc) is 2.58. The average molecular weight is 324 g/mol. The van der Waals surface area contributed by atoms with Crippen molar-refractivity contribution in [2.24, 2.45) is 0 Å². The van der Waals surface area contributed by atoms with Crippen molar-refractivity contribution in [2.45, 2.75) is 20.4 Å². The SMILES string of the molecule is CCN(CC)Cc1ccc2ccc3cccc4ccc1c2c34.Cl. The van der Waals surface area contributed by atoms with Crippen molar-refractivity contribution in [1.82, 2.24) is 4.90 Å². The van der Waals surface area contributed by atoms with E-state index in [1.54, 1.807) is 0 Å². The van der Waals surface area contributed by atoms with Crippen molar-refractivity contribution in [3.05, 3.63) is 60.2 Å². The summed E-state index contributed by atoms with van der Waals surface area (Å²) in [7, 11) is 0. The third-order valence-electron chi connectivity index (χ3n) is 4.91. The minimum absolute atomic E-state index is 0. The van der Waals surface area contributed by atoms with Gasteiger partial charge in [-0.25, -0.2) is 0 Å². The third-order valence-corrected chi connectivity index (χ3v) is 4.91. The van der Waals surface area contributed by atoms with Crippen LogP contribution in [0.4, 0.5) is 0 Å². The summed E-state index contributed by atoms with van der Waals surface area (Å²) in [6, 6.07) is 20.3. The molecule has 4 aromatic rings. The van der Waals surface area contributed by atoms with Crippen LogP contribution in [-0.2, 0) is 6.54 Å². The molecule has 0 fully saturated rings. The number of halogens is 1. The van der Waals surface area contributed by atoms with Crippen LogP contribution in [0.2, 0.25) is 0 Å². The molecular formula is C21H22ClN. The Morgan fingerprint density at radius 3 is 1.91 bits per heavy atom. The molecule has 0 aliphatic heterocycles. The molecule has 0 unspecified atom stereocenters. The van der Waals surface area contributed by atoms with E-state index in [1.165, 1.54) is 37.9 Å². The molecule has 0 heterocycles. The van der Waals surface area contributed by atoms with Gasteiger partial charge in [0.15, 0.2) is 0 Å². The Balaban J connectivity index is 0.00000156. The van der Waals surface area contributed by atoms with E-state index in [0.717, 1.165) is 19.6 Å². The van der Waals surface area contributed by atoms with Crippen molar-refractivity contribution >= 4 is 44.7 Å². The highest BCUT2D eigenvalue weighted by molar-refractivity contribution is 6.23. The first-order valence-electron chi connectivity index (χ1n) is 8.19. The molecule has 0 radical (unpaired) electrons. The van der Waals surface area contributed by atoms with E-state index >= 15 is 0 Å². The van der Waals surface area contributed by atoms with Crippen LogP contribution in [0.25, 0.3) is 32.3 Å². The van der Waals surface area contributed by atoms with Gasteiger partial charge in [-0.3, -0.25) is 4.90 Å². The molecule has 1 nitrogen and oxygen atoms in total. The smallest absolute Gasteiger partial charge is 0.0239 e. The molecule has 0 aliphatic rings. The number of benzene rings is 4.